The molecule has 1 amide bonds. The lowest BCUT2D eigenvalue weighted by atomic mass is 10.1. The molecule has 0 unspecified atom stereocenters. The summed E-state index contributed by atoms with van der Waals surface area (Å²) >= 11 is 7.77. The fourth-order valence-electron chi connectivity index (χ4n) is 12.4. The van der Waals surface area contributed by atoms with Crippen LogP contribution < -0.4 is 36.5 Å². The molecular weight excluding hydrogens is 1550 g/mol. The number of nitrogens with two attached hydrogens (primary N) is 1. The molecule has 20 nitrogen and oxygen atoms in total. The molecule has 0 aliphatic carbocycles. The number of benzene rings is 9. The lowest BCUT2D eigenvalue weighted by molar-refractivity contribution is -0.120. The zero-order valence-corrected chi connectivity index (χ0v) is 69.5. The van der Waals surface area contributed by atoms with Gasteiger partial charge in [0.15, 0.2) is 0 Å². The van der Waals surface area contributed by atoms with Crippen molar-refractivity contribution < 1.29 is 39.8 Å². The number of aromatic nitrogens is 6. The molecule has 116 heavy (non-hydrogen) atoms. The number of aromatic hydroxyl groups is 5. The lowest BCUT2D eigenvalue weighted by Crippen LogP contribution is -2.43. The van der Waals surface area contributed by atoms with Crippen LogP contribution in [0.5, 0.6) is 40.2 Å². The Morgan fingerprint density at radius 2 is 1.00 bits per heavy atom. The van der Waals surface area contributed by atoms with E-state index < -0.39 is 0 Å². The number of para-hydroxylation sites is 3. The Morgan fingerprint density at radius 3 is 1.52 bits per heavy atom. The number of thiazole rings is 5. The maximum absolute atomic E-state index is 12.0. The van der Waals surface area contributed by atoms with E-state index in [0.29, 0.717) is 71.2 Å². The Balaban J connectivity index is 0.000000134. The van der Waals surface area contributed by atoms with Gasteiger partial charge >= 0.3 is 0 Å². The van der Waals surface area contributed by atoms with Gasteiger partial charge in [-0.25, -0.2) is 24.9 Å². The van der Waals surface area contributed by atoms with E-state index in [-0.39, 0.29) is 41.1 Å². The first-order chi connectivity index (χ1) is 56.1. The maximum Gasteiger partial charge on any atom is 0.224 e. The second-order valence-corrected chi connectivity index (χ2v) is 33.6. The molecule has 590 valence electrons. The number of carbonyl (C=O) groups excluding carboxylic acids is 1. The van der Waals surface area contributed by atoms with Crippen molar-refractivity contribution in [1.29, 1.82) is 0 Å². The summed E-state index contributed by atoms with van der Waals surface area (Å²) in [5, 5.41) is 68.7. The molecule has 16 rings (SSSR count). The Kier molecular flexibility index (Phi) is 28.7. The van der Waals surface area contributed by atoms with E-state index in [4.69, 9.17) is 15.2 Å². The van der Waals surface area contributed by atoms with Crippen molar-refractivity contribution in [2.45, 2.75) is 74.3 Å². The van der Waals surface area contributed by atoms with Gasteiger partial charge in [-0.05, 0) is 160 Å². The van der Waals surface area contributed by atoms with Crippen LogP contribution in [0.4, 0.5) is 17.1 Å². The number of methoxy groups -OCH3 is 1. The number of phenols is 5. The quantitative estimate of drug-likeness (QED) is 0.0336. The van der Waals surface area contributed by atoms with Crippen LogP contribution >= 0.6 is 56.7 Å². The van der Waals surface area contributed by atoms with Crippen molar-refractivity contribution in [2.24, 2.45) is 5.92 Å². The normalized spacial score (nSPS) is 11.6. The first-order valence-electron chi connectivity index (χ1n) is 37.5. The van der Waals surface area contributed by atoms with Gasteiger partial charge in [0.2, 0.25) is 5.91 Å². The molecule has 0 bridgehead atoms. The summed E-state index contributed by atoms with van der Waals surface area (Å²) < 4.78 is 15.9. The summed E-state index contributed by atoms with van der Waals surface area (Å²) in [6, 6.07) is 49.6. The summed E-state index contributed by atoms with van der Waals surface area (Å²) in [5.41, 5.74) is 18.9. The summed E-state index contributed by atoms with van der Waals surface area (Å²) in [4.78, 5) is 39.2. The van der Waals surface area contributed by atoms with Crippen molar-refractivity contribution in [3.8, 4) is 87.6 Å². The highest BCUT2D eigenvalue weighted by Crippen LogP contribution is 2.36. The van der Waals surface area contributed by atoms with Crippen LogP contribution in [-0.2, 0) is 24.2 Å². The molecule has 1 saturated heterocycles. The summed E-state index contributed by atoms with van der Waals surface area (Å²) in [6.07, 6.45) is 3.89. The second kappa shape index (κ2) is 40.1. The van der Waals surface area contributed by atoms with Crippen LogP contribution in [0.2, 0.25) is 0 Å². The number of aryl methyl sites for hydroxylation is 6. The third-order valence-electron chi connectivity index (χ3n) is 17.7. The minimum Gasteiger partial charge on any atom is -0.506 e. The van der Waals surface area contributed by atoms with Gasteiger partial charge in [-0.3, -0.25) is 9.69 Å². The molecule has 6 aromatic heterocycles. The van der Waals surface area contributed by atoms with Gasteiger partial charge in [-0.1, -0.05) is 122 Å². The van der Waals surface area contributed by atoms with E-state index in [1.165, 1.54) is 39.1 Å². The number of piperazine rings is 1. The molecule has 1 aliphatic heterocycles. The number of nitrogens with zero attached hydrogens (tertiary/aromatic N) is 6. The number of aromatic amines is 1. The molecule has 9 aromatic carbocycles. The van der Waals surface area contributed by atoms with Crippen LogP contribution in [0.25, 0.3) is 62.0 Å². The zero-order chi connectivity index (χ0) is 81.6. The van der Waals surface area contributed by atoms with Gasteiger partial charge < -0.3 is 67.0 Å². The molecular formula is C91H88N12O8S5. The van der Waals surface area contributed by atoms with Crippen molar-refractivity contribution in [3.63, 3.8) is 0 Å². The largest absolute Gasteiger partial charge is 0.506 e. The molecule has 7 heterocycles. The van der Waals surface area contributed by atoms with Gasteiger partial charge in [-0.15, -0.1) is 56.7 Å². The molecule has 25 heteroatoms. The van der Waals surface area contributed by atoms with Gasteiger partial charge in [-0.2, -0.15) is 0 Å². The van der Waals surface area contributed by atoms with E-state index in [2.05, 4.69) is 142 Å². The van der Waals surface area contributed by atoms with Crippen LogP contribution in [0.1, 0.15) is 84.3 Å². The number of anilines is 3. The van der Waals surface area contributed by atoms with Crippen LogP contribution in [-0.4, -0.2) is 126 Å². The third kappa shape index (κ3) is 23.2. The average molecular weight is 1640 g/mol. The van der Waals surface area contributed by atoms with E-state index >= 15 is 0 Å². The number of H-pyrrole nitrogens is 1. The summed E-state index contributed by atoms with van der Waals surface area (Å²) in [7, 11) is 1.60. The Bertz CT molecular complexity index is 6250. The van der Waals surface area contributed by atoms with E-state index in [0.717, 1.165) is 145 Å². The predicted molar refractivity (Wildman–Crippen MR) is 477 cm³/mol. The number of nitrogens with one attached hydrogen (secondary N) is 5. The lowest BCUT2D eigenvalue weighted by Gasteiger charge is -2.24. The Labute approximate surface area is 693 Å². The SMILES string of the molecule is COc1cc(N)ccc1NCC#Cc1cc(O)c2nc(C)sc2c1.Cc1nc2c(O)cc(C#CCCc3cccc4cc[nH]c34)cc2s1.Cc1nc2c(O)cc(C#CCN3CCNCC3)cc2s1.Cc1nc2c(O)cc(C#CCNc3ccccc3OCC(C)C)cc2s1.Cc1nc2c(O)cc(CC(=O)NCc3ccccc3)cc2s1. The van der Waals surface area contributed by atoms with Crippen LogP contribution in [0.3, 0.4) is 0 Å². The molecule has 1 aliphatic rings. The summed E-state index contributed by atoms with van der Waals surface area (Å²) in [6.45, 7) is 20.9. The van der Waals surface area contributed by atoms with Crippen molar-refractivity contribution in [3.05, 3.63) is 228 Å². The first-order valence-corrected chi connectivity index (χ1v) is 41.6. The van der Waals surface area contributed by atoms with Crippen molar-refractivity contribution in [2.75, 3.05) is 75.9 Å². The van der Waals surface area contributed by atoms with E-state index in [1.807, 2.05) is 132 Å². The maximum atomic E-state index is 12.0. The third-order valence-corrected chi connectivity index (χ3v) is 22.3. The number of fused-ring (bicyclic) bond motifs is 6. The Hall–Kier alpha value is -12.4. The van der Waals surface area contributed by atoms with Gasteiger partial charge in [0, 0.05) is 84.9 Å². The number of nitrogen functional groups attached to an aromatic ring is 1. The average Bonchev–Trinajstić information content (AvgIpc) is 1.67. The highest BCUT2D eigenvalue weighted by Gasteiger charge is 2.15. The molecule has 15 aromatic rings. The smallest absolute Gasteiger partial charge is 0.224 e. The number of hydrogen-bond acceptors (Lipinski definition) is 23. The highest BCUT2D eigenvalue weighted by molar-refractivity contribution is 7.20. The first kappa shape index (κ1) is 83.0. The number of ether oxygens (including phenoxy) is 2. The van der Waals surface area contributed by atoms with Crippen molar-refractivity contribution in [1.82, 2.24) is 45.4 Å². The molecule has 0 saturated carbocycles. The molecule has 0 atom stereocenters. The number of hydrogen-bond donors (Lipinski definition) is 11. The highest BCUT2D eigenvalue weighted by atomic mass is 32.1. The fraction of sp³-hybridized carbons (Fsp3) is 0.231. The topological polar surface area (TPSA) is 294 Å². The Morgan fingerprint density at radius 1 is 0.526 bits per heavy atom. The zero-order valence-electron chi connectivity index (χ0n) is 65.4. The van der Waals surface area contributed by atoms with Gasteiger partial charge in [0.05, 0.1) is 99.7 Å². The number of carbonyl (C=O) groups is 1. The van der Waals surface area contributed by atoms with Crippen LogP contribution in [0.15, 0.2) is 164 Å². The van der Waals surface area contributed by atoms with Crippen molar-refractivity contribution >= 4 is 142 Å². The molecule has 0 spiro atoms. The standard InChI is InChI=1S/C21H22N2O2S.C20H16N2OS.C18H17N3O2S.C17H16N2O2S.C15H17N3OS/c1-14(2)13-25-19-9-5-4-8-17(19)22-10-6-7-16-11-18(24)21-20(12-16)26-15(3)23-21;1-13-22-20-17(23)11-14(12-18(20)24-13)5-2-3-6-15-7-4-8-16-9-10-21-19(15)16;1-11-21-18-15(22)8-12(9-17(18)24-11)4-3-7-20-14-6-5-13(19)10-16(14)23-2;1-11-19-17-14(20)7-13(8-15(17)22-11)9-16(21)18-10-12-5-3-2-4-6-12;1-11-17-15-13(19)9-12(10-14(15)20-11)3-2-6-18-7-4-16-5-8-18/h4-5,8-9,11-12,14,22,24H,10,13H2,1-3H3;4,7-12,21,23H,3,6H2,1H3;5-6,8-10,20,22H,7,19H2,1-2H3;2-8,20H,9-10H2,1H3,(H,18,21);9-10,16,19H,4-8H2,1H3. The predicted octanol–water partition coefficient (Wildman–Crippen LogP) is 17.7. The minimum atomic E-state index is -0.0659. The number of rotatable bonds is 15. The second-order valence-electron chi connectivity index (χ2n) is 27.4. The summed E-state index contributed by atoms with van der Waals surface area (Å²) in [5.74, 6) is 27.8. The molecule has 12 N–H and O–H groups in total. The van der Waals surface area contributed by atoms with E-state index in [1.54, 1.807) is 83.6 Å². The van der Waals surface area contributed by atoms with Crippen LogP contribution in [0, 0.1) is 87.9 Å². The molecule has 0 radical (unpaired) electrons. The number of phenolic OH excluding ortho intramolecular Hbond substituents is 5. The fourth-order valence-corrected chi connectivity index (χ4v) is 16.8. The minimum absolute atomic E-state index is 0.0659. The number of amides is 1. The van der Waals surface area contributed by atoms with E-state index in [9.17, 15) is 30.3 Å². The van der Waals surface area contributed by atoms with Gasteiger partial charge in [0.25, 0.3) is 0 Å². The van der Waals surface area contributed by atoms with Gasteiger partial charge in [0.1, 0.15) is 67.8 Å². The molecule has 1 fully saturated rings. The monoisotopic (exact) mass is 1640 g/mol.